The lowest BCUT2D eigenvalue weighted by Crippen LogP contribution is -2.39. The van der Waals surface area contributed by atoms with Gasteiger partial charge in [-0.25, -0.2) is 0 Å². The molecule has 0 aliphatic heterocycles. The van der Waals surface area contributed by atoms with Crippen molar-refractivity contribution in [3.05, 3.63) is 70.8 Å². The first-order chi connectivity index (χ1) is 9.27. The van der Waals surface area contributed by atoms with Gasteiger partial charge < -0.3 is 5.73 Å². The first kappa shape index (κ1) is 10.8. The van der Waals surface area contributed by atoms with Gasteiger partial charge in [0.1, 0.15) is 0 Å². The monoisotopic (exact) mass is 249 g/mol. The number of nitrogens with two attached hydrogens (primary N) is 1. The lowest BCUT2D eigenvalue weighted by atomic mass is 9.59. The maximum Gasteiger partial charge on any atom is 0.221 e. The molecule has 0 radical (unpaired) electrons. The molecule has 2 N–H and O–H groups in total. The van der Waals surface area contributed by atoms with Crippen LogP contribution < -0.4 is 5.73 Å². The Morgan fingerprint density at radius 1 is 0.895 bits per heavy atom. The highest BCUT2D eigenvalue weighted by atomic mass is 16.1. The van der Waals surface area contributed by atoms with Crippen LogP contribution in [0.3, 0.4) is 0 Å². The zero-order chi connectivity index (χ0) is 13.0. The molecule has 0 saturated heterocycles. The fourth-order valence-corrected chi connectivity index (χ4v) is 3.92. The van der Waals surface area contributed by atoms with Crippen LogP contribution in [0.25, 0.3) is 0 Å². The van der Waals surface area contributed by atoms with Gasteiger partial charge in [0, 0.05) is 17.8 Å². The van der Waals surface area contributed by atoms with Gasteiger partial charge in [0.15, 0.2) is 0 Å². The van der Waals surface area contributed by atoms with Crippen LogP contribution in [-0.4, -0.2) is 5.91 Å². The van der Waals surface area contributed by atoms with Gasteiger partial charge in [-0.1, -0.05) is 48.5 Å². The number of amides is 1. The minimum absolute atomic E-state index is 0.0604. The molecule has 0 saturated carbocycles. The Kier molecular flexibility index (Phi) is 2.10. The second kappa shape index (κ2) is 3.70. The normalized spacial score (nSPS) is 26.6. The molecule has 0 unspecified atom stereocenters. The third-order valence-corrected chi connectivity index (χ3v) is 4.67. The van der Waals surface area contributed by atoms with Crippen molar-refractivity contribution in [3.8, 4) is 0 Å². The summed E-state index contributed by atoms with van der Waals surface area (Å²) in [5.41, 5.74) is 11.0. The van der Waals surface area contributed by atoms with E-state index in [0.717, 1.165) is 6.42 Å². The highest BCUT2D eigenvalue weighted by Gasteiger charge is 2.45. The molecule has 0 aromatic heterocycles. The van der Waals surface area contributed by atoms with Crippen molar-refractivity contribution in [2.75, 3.05) is 0 Å². The molecule has 1 amide bonds. The average Bonchev–Trinajstić information content (AvgIpc) is 2.47. The summed E-state index contributed by atoms with van der Waals surface area (Å²) in [5.74, 6) is 0.249. The van der Waals surface area contributed by atoms with Crippen LogP contribution in [0.2, 0.25) is 0 Å². The molecule has 3 aliphatic carbocycles. The summed E-state index contributed by atoms with van der Waals surface area (Å²) in [6, 6.07) is 17.0. The summed E-state index contributed by atoms with van der Waals surface area (Å²) >= 11 is 0. The second-order valence-corrected chi connectivity index (χ2v) is 5.53. The summed E-state index contributed by atoms with van der Waals surface area (Å²) < 4.78 is 0. The van der Waals surface area contributed by atoms with Gasteiger partial charge in [0.2, 0.25) is 5.91 Å². The van der Waals surface area contributed by atoms with Gasteiger partial charge in [-0.15, -0.1) is 0 Å². The predicted molar refractivity (Wildman–Crippen MR) is 73.9 cm³/mol. The molecule has 94 valence electrons. The molecule has 2 nitrogen and oxygen atoms in total. The van der Waals surface area contributed by atoms with E-state index < -0.39 is 0 Å². The number of carbonyl (C=O) groups is 1. The smallest absolute Gasteiger partial charge is 0.221 e. The van der Waals surface area contributed by atoms with Crippen molar-refractivity contribution in [1.82, 2.24) is 0 Å². The third-order valence-electron chi connectivity index (χ3n) is 4.67. The molecule has 0 spiro atoms. The molecule has 1 atom stereocenters. The van der Waals surface area contributed by atoms with Crippen molar-refractivity contribution in [1.29, 1.82) is 0 Å². The predicted octanol–water partition coefficient (Wildman–Crippen LogP) is 2.77. The highest BCUT2D eigenvalue weighted by Crippen LogP contribution is 2.55. The number of benzene rings is 2. The van der Waals surface area contributed by atoms with Crippen LogP contribution >= 0.6 is 0 Å². The maximum atomic E-state index is 11.8. The van der Waals surface area contributed by atoms with Crippen LogP contribution in [0.5, 0.6) is 0 Å². The Balaban J connectivity index is 2.01. The second-order valence-electron chi connectivity index (χ2n) is 5.53. The van der Waals surface area contributed by atoms with Crippen molar-refractivity contribution in [2.24, 2.45) is 11.7 Å². The van der Waals surface area contributed by atoms with Gasteiger partial charge in [0.25, 0.3) is 0 Å². The van der Waals surface area contributed by atoms with E-state index in [-0.39, 0.29) is 17.7 Å². The average molecular weight is 249 g/mol. The fourth-order valence-electron chi connectivity index (χ4n) is 3.92. The highest BCUT2D eigenvalue weighted by molar-refractivity contribution is 5.81. The Morgan fingerprint density at radius 3 is 1.84 bits per heavy atom. The molecule has 0 fully saturated rings. The van der Waals surface area contributed by atoms with E-state index >= 15 is 0 Å². The van der Waals surface area contributed by atoms with E-state index in [1.807, 2.05) is 0 Å². The minimum atomic E-state index is -0.168. The summed E-state index contributed by atoms with van der Waals surface area (Å²) in [6.45, 7) is 0. The summed E-state index contributed by atoms with van der Waals surface area (Å²) in [4.78, 5) is 11.8. The first-order valence-corrected chi connectivity index (χ1v) is 6.74. The van der Waals surface area contributed by atoms with Gasteiger partial charge in [-0.05, 0) is 28.7 Å². The third kappa shape index (κ3) is 1.34. The quantitative estimate of drug-likeness (QED) is 0.829. The number of hydrogen-bond acceptors (Lipinski definition) is 1. The van der Waals surface area contributed by atoms with E-state index in [9.17, 15) is 4.79 Å². The SMILES string of the molecule is NC(=O)[C@@H]1CC2c3ccccc3C1c1ccccc12. The van der Waals surface area contributed by atoms with E-state index in [1.165, 1.54) is 22.3 Å². The summed E-state index contributed by atoms with van der Waals surface area (Å²) in [7, 11) is 0. The molecule has 2 aromatic carbocycles. The molecule has 2 aromatic rings. The molecule has 3 aliphatic rings. The van der Waals surface area contributed by atoms with E-state index in [4.69, 9.17) is 5.73 Å². The number of primary amides is 1. The fraction of sp³-hybridized carbons (Fsp3) is 0.235. The molecular formula is C17H15NO. The van der Waals surface area contributed by atoms with Crippen LogP contribution in [0, 0.1) is 5.92 Å². The Bertz CT molecular complexity index is 629. The van der Waals surface area contributed by atoms with E-state index in [0.29, 0.717) is 5.92 Å². The van der Waals surface area contributed by atoms with Crippen LogP contribution in [0.4, 0.5) is 0 Å². The number of carbonyl (C=O) groups excluding carboxylic acids is 1. The molecular weight excluding hydrogens is 234 g/mol. The number of rotatable bonds is 1. The van der Waals surface area contributed by atoms with Gasteiger partial charge in [-0.2, -0.15) is 0 Å². The molecule has 2 heteroatoms. The molecule has 5 rings (SSSR count). The largest absolute Gasteiger partial charge is 0.369 e. The van der Waals surface area contributed by atoms with E-state index in [1.54, 1.807) is 0 Å². The Labute approximate surface area is 112 Å². The van der Waals surface area contributed by atoms with Gasteiger partial charge in [-0.3, -0.25) is 4.79 Å². The topological polar surface area (TPSA) is 43.1 Å². The van der Waals surface area contributed by atoms with Crippen molar-refractivity contribution in [2.45, 2.75) is 18.3 Å². The zero-order valence-electron chi connectivity index (χ0n) is 10.5. The van der Waals surface area contributed by atoms with Crippen LogP contribution in [0.1, 0.15) is 40.5 Å². The van der Waals surface area contributed by atoms with Crippen molar-refractivity contribution in [3.63, 3.8) is 0 Å². The lowest BCUT2D eigenvalue weighted by Gasteiger charge is -2.44. The van der Waals surface area contributed by atoms with Crippen molar-refractivity contribution < 1.29 is 4.79 Å². The van der Waals surface area contributed by atoms with Crippen LogP contribution in [-0.2, 0) is 4.79 Å². The first-order valence-electron chi connectivity index (χ1n) is 6.74. The summed E-state index contributed by atoms with van der Waals surface area (Å²) in [5, 5.41) is 0. The number of hydrogen-bond donors (Lipinski definition) is 1. The van der Waals surface area contributed by atoms with Crippen LogP contribution in [0.15, 0.2) is 48.5 Å². The maximum absolute atomic E-state index is 11.8. The number of fused-ring (bicyclic) bond motifs is 1. The van der Waals surface area contributed by atoms with E-state index in [2.05, 4.69) is 48.5 Å². The molecule has 19 heavy (non-hydrogen) atoms. The lowest BCUT2D eigenvalue weighted by molar-refractivity contribution is -0.122. The minimum Gasteiger partial charge on any atom is -0.369 e. The van der Waals surface area contributed by atoms with Gasteiger partial charge >= 0.3 is 0 Å². The zero-order valence-corrected chi connectivity index (χ0v) is 10.5. The summed E-state index contributed by atoms with van der Waals surface area (Å²) in [6.07, 6.45) is 0.855. The van der Waals surface area contributed by atoms with Crippen molar-refractivity contribution >= 4 is 5.91 Å². The standard InChI is InChI=1S/C17H15NO/c18-17(19)15-9-14-10-5-1-3-7-12(10)16(15)13-8-4-2-6-11(13)14/h1-8,14-16H,9H2,(H2,18,19)/t14?,15-,16?/m1/s1. The Hall–Kier alpha value is -2.09. The van der Waals surface area contributed by atoms with Gasteiger partial charge in [0.05, 0.1) is 0 Å². The Morgan fingerprint density at radius 2 is 1.37 bits per heavy atom. The molecule has 2 bridgehead atoms. The molecule has 0 heterocycles.